The molecule has 0 radical (unpaired) electrons. The number of aryl methyl sites for hydroxylation is 1. The number of aromatic hydroxyl groups is 1. The number of nitrogens with one attached hydrogen (secondary N) is 2. The van der Waals surface area contributed by atoms with Gasteiger partial charge in [-0.3, -0.25) is 19.2 Å². The Kier molecular flexibility index (Phi) is 15.5. The molecular weight excluding hydrogens is 510 g/mol. The maximum atomic E-state index is 12.9. The Hall–Kier alpha value is -2.79. The lowest BCUT2D eigenvalue weighted by Gasteiger charge is -2.23. The summed E-state index contributed by atoms with van der Waals surface area (Å²) in [5, 5.41) is 24.1. The molecule has 0 aliphatic rings. The Morgan fingerprint density at radius 1 is 1.11 bits per heavy atom. The van der Waals surface area contributed by atoms with Crippen LogP contribution < -0.4 is 21.1 Å². The molecule has 2 amide bonds. The van der Waals surface area contributed by atoms with E-state index >= 15 is 0 Å². The van der Waals surface area contributed by atoms with Crippen LogP contribution in [0.2, 0.25) is 0 Å². The average Bonchev–Trinajstić information content (AvgIpc) is 2.85. The molecule has 0 fully saturated rings. The molecule has 0 bridgehead atoms. The molecule has 1 aromatic carbocycles. The number of Topliss-reactive ketones (excluding diaryl/α,β-unsaturated/α-hetero) is 1. The van der Waals surface area contributed by atoms with E-state index in [0.717, 1.165) is 31.2 Å². The molecule has 3 unspecified atom stereocenters. The van der Waals surface area contributed by atoms with E-state index in [-0.39, 0.29) is 34.5 Å². The number of unbranched alkanes of at least 4 members (excludes halogenated alkanes) is 2. The summed E-state index contributed by atoms with van der Waals surface area (Å²) in [6.45, 7) is 5.71. The SMILES string of the molecule is CCCCCC(CC(=O)CCc1ccc(O)c(OC)c1)SCC(NC(=O)CC(N)C(=O)O)C(=O)NC(C)C. The molecule has 0 saturated carbocycles. The Morgan fingerprint density at radius 3 is 2.42 bits per heavy atom. The van der Waals surface area contributed by atoms with Gasteiger partial charge in [-0.1, -0.05) is 32.3 Å². The third-order valence-electron chi connectivity index (χ3n) is 5.83. The Labute approximate surface area is 229 Å². The molecule has 214 valence electrons. The number of phenols is 1. The number of hydrogen-bond donors (Lipinski definition) is 5. The van der Waals surface area contributed by atoms with Gasteiger partial charge in [-0.15, -0.1) is 0 Å². The van der Waals surface area contributed by atoms with E-state index < -0.39 is 30.4 Å². The smallest absolute Gasteiger partial charge is 0.321 e. The summed E-state index contributed by atoms with van der Waals surface area (Å²) in [7, 11) is 1.47. The number of carboxylic acids is 1. The highest BCUT2D eigenvalue weighted by Crippen LogP contribution is 2.27. The molecule has 0 aliphatic heterocycles. The van der Waals surface area contributed by atoms with Gasteiger partial charge in [-0.25, -0.2) is 0 Å². The molecule has 10 nitrogen and oxygen atoms in total. The van der Waals surface area contributed by atoms with E-state index in [9.17, 15) is 24.3 Å². The van der Waals surface area contributed by atoms with Crippen molar-refractivity contribution in [3.63, 3.8) is 0 Å². The van der Waals surface area contributed by atoms with Gasteiger partial charge < -0.3 is 31.3 Å². The van der Waals surface area contributed by atoms with Crippen LogP contribution in [0, 0.1) is 0 Å². The maximum absolute atomic E-state index is 12.9. The number of phenolic OH excluding ortho intramolecular Hbond substituents is 1. The fraction of sp³-hybridized carbons (Fsp3) is 0.630. The Bertz CT molecular complexity index is 926. The molecule has 11 heteroatoms. The number of amides is 2. The van der Waals surface area contributed by atoms with E-state index in [1.165, 1.54) is 18.9 Å². The fourth-order valence-electron chi connectivity index (χ4n) is 3.72. The fourth-order valence-corrected chi connectivity index (χ4v) is 5.06. The first kappa shape index (κ1) is 33.2. The lowest BCUT2D eigenvalue weighted by Crippen LogP contribution is -2.51. The van der Waals surface area contributed by atoms with Crippen molar-refractivity contribution in [1.82, 2.24) is 10.6 Å². The number of carbonyl (C=O) groups excluding carboxylic acids is 3. The number of ether oxygens (including phenoxy) is 1. The summed E-state index contributed by atoms with van der Waals surface area (Å²) in [4.78, 5) is 49.0. The second kappa shape index (κ2) is 17.7. The number of benzene rings is 1. The molecule has 1 aromatic rings. The lowest BCUT2D eigenvalue weighted by molar-refractivity contribution is -0.140. The normalized spacial score (nSPS) is 13.4. The van der Waals surface area contributed by atoms with Gasteiger partial charge in [0.2, 0.25) is 11.8 Å². The van der Waals surface area contributed by atoms with Crippen LogP contribution in [0.3, 0.4) is 0 Å². The first-order valence-corrected chi connectivity index (χ1v) is 14.1. The van der Waals surface area contributed by atoms with Crippen LogP contribution in [-0.4, -0.2) is 70.0 Å². The zero-order chi connectivity index (χ0) is 28.7. The highest BCUT2D eigenvalue weighted by molar-refractivity contribution is 8.00. The molecule has 0 saturated heterocycles. The highest BCUT2D eigenvalue weighted by atomic mass is 32.2. The monoisotopic (exact) mass is 553 g/mol. The first-order valence-electron chi connectivity index (χ1n) is 13.0. The molecule has 3 atom stereocenters. The predicted molar refractivity (Wildman–Crippen MR) is 148 cm³/mol. The van der Waals surface area contributed by atoms with Crippen LogP contribution in [0.5, 0.6) is 11.5 Å². The lowest BCUT2D eigenvalue weighted by atomic mass is 10.0. The number of ketones is 1. The molecule has 6 N–H and O–H groups in total. The van der Waals surface area contributed by atoms with E-state index in [0.29, 0.717) is 25.0 Å². The van der Waals surface area contributed by atoms with Crippen molar-refractivity contribution in [3.05, 3.63) is 23.8 Å². The largest absolute Gasteiger partial charge is 0.504 e. The Balaban J connectivity index is 2.82. The summed E-state index contributed by atoms with van der Waals surface area (Å²) in [6, 6.07) is 2.63. The van der Waals surface area contributed by atoms with Crippen LogP contribution in [0.1, 0.15) is 71.3 Å². The predicted octanol–water partition coefficient (Wildman–Crippen LogP) is 2.79. The zero-order valence-corrected chi connectivity index (χ0v) is 23.6. The van der Waals surface area contributed by atoms with E-state index in [4.69, 9.17) is 15.6 Å². The van der Waals surface area contributed by atoms with E-state index in [2.05, 4.69) is 17.6 Å². The highest BCUT2D eigenvalue weighted by Gasteiger charge is 2.26. The van der Waals surface area contributed by atoms with Gasteiger partial charge in [-0.2, -0.15) is 11.8 Å². The minimum Gasteiger partial charge on any atom is -0.504 e. The minimum atomic E-state index is -1.36. The zero-order valence-electron chi connectivity index (χ0n) is 22.8. The van der Waals surface area contributed by atoms with Crippen molar-refractivity contribution in [2.45, 2.75) is 95.5 Å². The second-order valence-electron chi connectivity index (χ2n) is 9.63. The maximum Gasteiger partial charge on any atom is 0.321 e. The molecular formula is C27H43N3O7S. The van der Waals surface area contributed by atoms with Crippen LogP contribution in [0.25, 0.3) is 0 Å². The number of nitrogens with two attached hydrogens (primary N) is 1. The van der Waals surface area contributed by atoms with Crippen molar-refractivity contribution in [2.24, 2.45) is 5.73 Å². The number of hydrogen-bond acceptors (Lipinski definition) is 8. The minimum absolute atomic E-state index is 0.0315. The molecule has 0 aliphatic carbocycles. The number of carbonyl (C=O) groups is 4. The average molecular weight is 554 g/mol. The molecule has 38 heavy (non-hydrogen) atoms. The van der Waals surface area contributed by atoms with Crippen molar-refractivity contribution >= 4 is 35.3 Å². The summed E-state index contributed by atoms with van der Waals surface area (Å²) in [5.41, 5.74) is 6.35. The number of rotatable bonds is 19. The van der Waals surface area contributed by atoms with Crippen LogP contribution in [0.15, 0.2) is 18.2 Å². The van der Waals surface area contributed by atoms with Crippen molar-refractivity contribution in [1.29, 1.82) is 0 Å². The van der Waals surface area contributed by atoms with Gasteiger partial charge >= 0.3 is 5.97 Å². The first-order chi connectivity index (χ1) is 18.0. The van der Waals surface area contributed by atoms with Gasteiger partial charge in [0.1, 0.15) is 17.9 Å². The molecule has 0 heterocycles. The third-order valence-corrected chi connectivity index (χ3v) is 7.22. The van der Waals surface area contributed by atoms with E-state index in [1.807, 2.05) is 0 Å². The quantitative estimate of drug-likeness (QED) is 0.162. The summed E-state index contributed by atoms with van der Waals surface area (Å²) >= 11 is 1.46. The molecule has 0 spiro atoms. The van der Waals surface area contributed by atoms with Crippen molar-refractivity contribution < 1.29 is 34.1 Å². The molecule has 0 aromatic heterocycles. The topological polar surface area (TPSA) is 168 Å². The van der Waals surface area contributed by atoms with Crippen molar-refractivity contribution in [2.75, 3.05) is 12.9 Å². The Morgan fingerprint density at radius 2 is 1.82 bits per heavy atom. The number of aliphatic carboxylic acids is 1. The van der Waals surface area contributed by atoms with Crippen LogP contribution in [0.4, 0.5) is 0 Å². The summed E-state index contributed by atoms with van der Waals surface area (Å²) < 4.78 is 5.13. The molecule has 1 rings (SSSR count). The van der Waals surface area contributed by atoms with Gasteiger partial charge in [-0.05, 0) is 44.4 Å². The third kappa shape index (κ3) is 13.1. The van der Waals surface area contributed by atoms with Crippen LogP contribution in [-0.2, 0) is 25.6 Å². The summed E-state index contributed by atoms with van der Waals surface area (Å²) in [6.07, 6.45) is 4.55. The van der Waals surface area contributed by atoms with Gasteiger partial charge in [0, 0.05) is 29.9 Å². The van der Waals surface area contributed by atoms with Gasteiger partial charge in [0.25, 0.3) is 0 Å². The van der Waals surface area contributed by atoms with Crippen LogP contribution >= 0.6 is 11.8 Å². The van der Waals surface area contributed by atoms with Gasteiger partial charge in [0.05, 0.1) is 13.5 Å². The number of thioether (sulfide) groups is 1. The summed E-state index contributed by atoms with van der Waals surface area (Å²) in [5.74, 6) is -1.55. The number of methoxy groups -OCH3 is 1. The standard InChI is InChI=1S/C27H43N3O7S/c1-5-6-7-8-20(14-19(31)11-9-18-10-12-23(32)24(13-18)37-4)38-16-22(26(34)29-17(2)3)30-25(33)15-21(28)27(35)36/h10,12-13,17,20-22,32H,5-9,11,14-16,28H2,1-4H3,(H,29,34)(H,30,33)(H,35,36). The van der Waals surface area contributed by atoms with Crippen molar-refractivity contribution in [3.8, 4) is 11.5 Å². The van der Waals surface area contributed by atoms with E-state index in [1.54, 1.807) is 32.0 Å². The second-order valence-corrected chi connectivity index (χ2v) is 11.0. The number of carboxylic acid groups (broad SMARTS) is 1. The van der Waals surface area contributed by atoms with Gasteiger partial charge in [0.15, 0.2) is 11.5 Å².